The third kappa shape index (κ3) is 1.69. The minimum Gasteiger partial charge on any atom is -0.481 e. The molecule has 1 aliphatic rings. The molecule has 0 unspecified atom stereocenters. The maximum absolute atomic E-state index is 6.23. The molecule has 0 fully saturated rings. The van der Waals surface area contributed by atoms with Crippen LogP contribution in [0.4, 0.5) is 0 Å². The predicted octanol–water partition coefficient (Wildman–Crippen LogP) is 4.70. The first-order valence-electron chi connectivity index (χ1n) is 6.95. The lowest BCUT2D eigenvalue weighted by Gasteiger charge is -2.32. The summed E-state index contributed by atoms with van der Waals surface area (Å²) in [6.07, 6.45) is 0. The number of benzene rings is 1. The van der Waals surface area contributed by atoms with Crippen LogP contribution < -0.4 is 4.74 Å². The van der Waals surface area contributed by atoms with Gasteiger partial charge in [-0.1, -0.05) is 12.1 Å². The van der Waals surface area contributed by atoms with E-state index in [1.165, 1.54) is 0 Å². The van der Waals surface area contributed by atoms with Gasteiger partial charge in [-0.25, -0.2) is 4.98 Å². The van der Waals surface area contributed by atoms with Gasteiger partial charge in [0.05, 0.1) is 5.69 Å². The van der Waals surface area contributed by atoms with Crippen LogP contribution in [-0.4, -0.2) is 9.38 Å². The summed E-state index contributed by atoms with van der Waals surface area (Å²) >= 11 is 3.61. The van der Waals surface area contributed by atoms with Crippen LogP contribution in [0.3, 0.4) is 0 Å². The highest BCUT2D eigenvalue weighted by atomic mass is 79.9. The number of imidazole rings is 1. The van der Waals surface area contributed by atoms with E-state index >= 15 is 0 Å². The average molecular weight is 343 g/mol. The molecule has 106 valence electrons. The Balaban J connectivity index is 2.19. The third-order valence-electron chi connectivity index (χ3n) is 4.04. The molecule has 0 aliphatic carbocycles. The van der Waals surface area contributed by atoms with Gasteiger partial charge in [0, 0.05) is 15.7 Å². The van der Waals surface area contributed by atoms with E-state index < -0.39 is 5.60 Å². The molecule has 3 heterocycles. The number of ether oxygens (including phenoxy) is 1. The summed E-state index contributed by atoms with van der Waals surface area (Å²) in [6, 6.07) is 12.2. The van der Waals surface area contributed by atoms with Crippen molar-refractivity contribution in [2.45, 2.75) is 26.4 Å². The Bertz CT molecular complexity index is 880. The molecular weight excluding hydrogens is 328 g/mol. The van der Waals surface area contributed by atoms with Gasteiger partial charge in [-0.2, -0.15) is 0 Å². The molecule has 4 heteroatoms. The first kappa shape index (κ1) is 12.9. The molecule has 1 aliphatic heterocycles. The van der Waals surface area contributed by atoms with Crippen molar-refractivity contribution >= 4 is 21.6 Å². The summed E-state index contributed by atoms with van der Waals surface area (Å²) in [6.45, 7) is 6.28. The molecule has 3 nitrogen and oxygen atoms in total. The lowest BCUT2D eigenvalue weighted by molar-refractivity contribution is 0.0994. The molecular formula is C17H15BrN2O. The van der Waals surface area contributed by atoms with Crippen LogP contribution in [0.1, 0.15) is 25.2 Å². The minimum absolute atomic E-state index is 0.422. The van der Waals surface area contributed by atoms with Gasteiger partial charge in [0.2, 0.25) is 0 Å². The molecule has 4 rings (SSSR count). The first-order chi connectivity index (χ1) is 9.99. The van der Waals surface area contributed by atoms with Crippen molar-refractivity contribution < 1.29 is 4.74 Å². The Morgan fingerprint density at radius 1 is 1.14 bits per heavy atom. The van der Waals surface area contributed by atoms with Gasteiger partial charge in [0.15, 0.2) is 0 Å². The molecule has 0 amide bonds. The van der Waals surface area contributed by atoms with Crippen LogP contribution in [0.15, 0.2) is 40.9 Å². The Morgan fingerprint density at radius 3 is 2.71 bits per heavy atom. The highest BCUT2D eigenvalue weighted by Crippen LogP contribution is 2.45. The summed E-state index contributed by atoms with van der Waals surface area (Å²) in [5.41, 5.74) is 4.85. The highest BCUT2D eigenvalue weighted by molar-refractivity contribution is 9.10. The van der Waals surface area contributed by atoms with Gasteiger partial charge in [0.25, 0.3) is 0 Å². The maximum atomic E-state index is 6.23. The van der Waals surface area contributed by atoms with Crippen LogP contribution >= 0.6 is 15.9 Å². The molecule has 21 heavy (non-hydrogen) atoms. The molecule has 0 N–H and O–H groups in total. The van der Waals surface area contributed by atoms with E-state index in [1.54, 1.807) is 0 Å². The Morgan fingerprint density at radius 2 is 1.90 bits per heavy atom. The molecule has 0 radical (unpaired) electrons. The van der Waals surface area contributed by atoms with E-state index in [9.17, 15) is 0 Å². The number of pyridine rings is 1. The number of aryl methyl sites for hydroxylation is 1. The first-order valence-corrected chi connectivity index (χ1v) is 7.75. The van der Waals surface area contributed by atoms with Crippen molar-refractivity contribution in [3.05, 3.63) is 52.3 Å². The number of fused-ring (bicyclic) bond motifs is 5. The molecule has 0 bridgehead atoms. The number of hydrogen-bond donors (Lipinski definition) is 0. The number of rotatable bonds is 0. The summed E-state index contributed by atoms with van der Waals surface area (Å²) in [5, 5.41) is 0. The molecule has 3 aromatic rings. The molecule has 0 spiro atoms. The van der Waals surface area contributed by atoms with Gasteiger partial charge in [-0.15, -0.1) is 0 Å². The minimum atomic E-state index is -0.422. The number of halogens is 1. The van der Waals surface area contributed by atoms with E-state index in [0.29, 0.717) is 0 Å². The van der Waals surface area contributed by atoms with E-state index in [2.05, 4.69) is 47.2 Å². The predicted molar refractivity (Wildman–Crippen MR) is 86.7 cm³/mol. The van der Waals surface area contributed by atoms with Crippen molar-refractivity contribution in [1.82, 2.24) is 9.38 Å². The second kappa shape index (κ2) is 4.10. The number of aromatic nitrogens is 2. The lowest BCUT2D eigenvalue weighted by Crippen LogP contribution is -2.31. The summed E-state index contributed by atoms with van der Waals surface area (Å²) in [4.78, 5) is 4.85. The standard InChI is InChI=1S/C17H15BrN2O/c1-10-12(18)8-9-14-19-15-11-6-4-5-7-13(11)21-17(2,3)16(15)20(10)14/h4-9H,1-3H3. The zero-order valence-electron chi connectivity index (χ0n) is 12.1. The van der Waals surface area contributed by atoms with Crippen molar-refractivity contribution in [3.63, 3.8) is 0 Å². The average Bonchev–Trinajstić information content (AvgIpc) is 2.84. The fourth-order valence-electron chi connectivity index (χ4n) is 3.08. The Labute approximate surface area is 131 Å². The summed E-state index contributed by atoms with van der Waals surface area (Å²) in [7, 11) is 0. The second-order valence-electron chi connectivity index (χ2n) is 5.88. The summed E-state index contributed by atoms with van der Waals surface area (Å²) in [5.74, 6) is 0.898. The zero-order chi connectivity index (χ0) is 14.8. The van der Waals surface area contributed by atoms with Gasteiger partial charge in [-0.3, -0.25) is 4.40 Å². The van der Waals surface area contributed by atoms with Crippen LogP contribution in [0.25, 0.3) is 16.9 Å². The fraction of sp³-hybridized carbons (Fsp3) is 0.235. The van der Waals surface area contributed by atoms with E-state index in [1.807, 2.05) is 30.3 Å². The van der Waals surface area contributed by atoms with Gasteiger partial charge in [-0.05, 0) is 61.0 Å². The van der Waals surface area contributed by atoms with Crippen molar-refractivity contribution in [3.8, 4) is 17.0 Å². The maximum Gasteiger partial charge on any atom is 0.146 e. The van der Waals surface area contributed by atoms with Crippen molar-refractivity contribution in [2.24, 2.45) is 0 Å². The van der Waals surface area contributed by atoms with Gasteiger partial charge < -0.3 is 4.74 Å². The van der Waals surface area contributed by atoms with E-state index in [0.717, 1.165) is 38.5 Å². The lowest BCUT2D eigenvalue weighted by atomic mass is 9.94. The quantitative estimate of drug-likeness (QED) is 0.591. The normalized spacial score (nSPS) is 15.4. The van der Waals surface area contributed by atoms with Crippen molar-refractivity contribution in [2.75, 3.05) is 0 Å². The Kier molecular flexibility index (Phi) is 2.52. The molecule has 0 atom stereocenters. The molecule has 1 aromatic carbocycles. The fourth-order valence-corrected chi connectivity index (χ4v) is 3.39. The van der Waals surface area contributed by atoms with Crippen LogP contribution in [0, 0.1) is 6.92 Å². The zero-order valence-corrected chi connectivity index (χ0v) is 13.7. The van der Waals surface area contributed by atoms with Crippen LogP contribution in [0.2, 0.25) is 0 Å². The molecule has 0 saturated heterocycles. The third-order valence-corrected chi connectivity index (χ3v) is 4.88. The smallest absolute Gasteiger partial charge is 0.146 e. The van der Waals surface area contributed by atoms with E-state index in [-0.39, 0.29) is 0 Å². The summed E-state index contributed by atoms with van der Waals surface area (Å²) < 4.78 is 9.49. The van der Waals surface area contributed by atoms with Gasteiger partial charge in [0.1, 0.15) is 22.7 Å². The van der Waals surface area contributed by atoms with Gasteiger partial charge >= 0.3 is 0 Å². The largest absolute Gasteiger partial charge is 0.481 e. The number of nitrogens with zero attached hydrogens (tertiary/aromatic N) is 2. The molecule has 0 saturated carbocycles. The van der Waals surface area contributed by atoms with Crippen LogP contribution in [0.5, 0.6) is 5.75 Å². The second-order valence-corrected chi connectivity index (χ2v) is 6.73. The number of hydrogen-bond acceptors (Lipinski definition) is 2. The SMILES string of the molecule is Cc1c(Br)ccc2nc3c(n12)C(C)(C)Oc1ccccc1-3. The monoisotopic (exact) mass is 342 g/mol. The highest BCUT2D eigenvalue weighted by Gasteiger charge is 2.37. The van der Waals surface area contributed by atoms with E-state index in [4.69, 9.17) is 9.72 Å². The van der Waals surface area contributed by atoms with Crippen LogP contribution in [-0.2, 0) is 5.60 Å². The van der Waals surface area contributed by atoms with Crippen molar-refractivity contribution in [1.29, 1.82) is 0 Å². The number of para-hydroxylation sites is 1. The Hall–Kier alpha value is -1.81. The molecule has 2 aromatic heterocycles. The topological polar surface area (TPSA) is 26.5 Å².